The standard InChI is InChI=1S/C36H62O2/c1-21(2)37-28-14-15-32(8)27(17-28)12-13-29-30(32)16-24(5)35(11)33(29,9)20-31-34(35,10)26(7)36(38-31)18-22(3)25(6)23(4)19-36/h21-31H,12-20H2,1-11H3/t22?,23?,24?,25?,26-,27?,28-,29?,30?,31?,32-,33?,34?,35-,36?/m0/s1. The predicted octanol–water partition coefficient (Wildman–Crippen LogP) is 9.55. The first-order valence-corrected chi connectivity index (χ1v) is 17.0. The zero-order valence-electron chi connectivity index (χ0n) is 27.0. The van der Waals surface area contributed by atoms with Gasteiger partial charge >= 0.3 is 0 Å². The lowest BCUT2D eigenvalue weighted by atomic mass is 9.36. The highest BCUT2D eigenvalue weighted by molar-refractivity contribution is 5.27. The van der Waals surface area contributed by atoms with E-state index < -0.39 is 0 Å². The van der Waals surface area contributed by atoms with Crippen LogP contribution in [-0.4, -0.2) is 23.9 Å². The molecule has 1 aliphatic heterocycles. The number of hydrogen-bond acceptors (Lipinski definition) is 2. The minimum atomic E-state index is 0.101. The van der Waals surface area contributed by atoms with Crippen molar-refractivity contribution in [3.8, 4) is 0 Å². The molecule has 1 saturated heterocycles. The third kappa shape index (κ3) is 3.32. The summed E-state index contributed by atoms with van der Waals surface area (Å²) in [5, 5.41) is 0. The van der Waals surface area contributed by atoms with E-state index in [0.717, 1.165) is 41.4 Å². The number of rotatable bonds is 2. The zero-order valence-corrected chi connectivity index (χ0v) is 27.0. The predicted molar refractivity (Wildman–Crippen MR) is 158 cm³/mol. The molecule has 0 aromatic rings. The summed E-state index contributed by atoms with van der Waals surface area (Å²) in [4.78, 5) is 0. The fourth-order valence-corrected chi connectivity index (χ4v) is 13.4. The highest BCUT2D eigenvalue weighted by atomic mass is 16.5. The van der Waals surface area contributed by atoms with Crippen molar-refractivity contribution in [2.75, 3.05) is 0 Å². The molecule has 2 nitrogen and oxygen atoms in total. The molecule has 0 aromatic carbocycles. The van der Waals surface area contributed by atoms with Gasteiger partial charge in [0, 0.05) is 5.41 Å². The SMILES string of the molecule is CC(C)O[C@H]1CC[C@@]2(C)C(CCC3C2CC(C)[C@@]2(C)C3(C)CC3OC4(CC(C)C(C)C(C)C4)[C@@H](C)C32C)C1. The Morgan fingerprint density at radius 2 is 1.45 bits per heavy atom. The van der Waals surface area contributed by atoms with E-state index in [1.807, 2.05) is 0 Å². The van der Waals surface area contributed by atoms with Crippen LogP contribution >= 0.6 is 0 Å². The Labute approximate surface area is 236 Å². The first-order valence-electron chi connectivity index (χ1n) is 17.0. The molecular formula is C36H62O2. The third-order valence-electron chi connectivity index (χ3n) is 16.3. The van der Waals surface area contributed by atoms with E-state index in [-0.39, 0.29) is 11.0 Å². The van der Waals surface area contributed by atoms with Gasteiger partial charge < -0.3 is 9.47 Å². The van der Waals surface area contributed by atoms with Crippen molar-refractivity contribution in [3.63, 3.8) is 0 Å². The first-order chi connectivity index (χ1) is 17.6. The highest BCUT2D eigenvalue weighted by Gasteiger charge is 2.79. The quantitative estimate of drug-likeness (QED) is 0.356. The molecule has 1 heterocycles. The molecule has 0 bridgehead atoms. The van der Waals surface area contributed by atoms with Crippen LogP contribution in [0, 0.1) is 69.0 Å². The first kappa shape index (κ1) is 28.1. The molecule has 0 N–H and O–H groups in total. The Hall–Kier alpha value is -0.0800. The van der Waals surface area contributed by atoms with Crippen LogP contribution in [0.1, 0.15) is 134 Å². The second kappa shape index (κ2) is 8.72. The normalized spacial score (nSPS) is 61.9. The minimum absolute atomic E-state index is 0.101. The van der Waals surface area contributed by atoms with Crippen LogP contribution in [0.15, 0.2) is 0 Å². The molecule has 218 valence electrons. The molecule has 9 unspecified atom stereocenters. The lowest BCUT2D eigenvalue weighted by molar-refractivity contribution is -0.211. The van der Waals surface area contributed by atoms with Crippen LogP contribution < -0.4 is 0 Å². The van der Waals surface area contributed by atoms with Crippen molar-refractivity contribution in [2.45, 2.75) is 158 Å². The molecule has 0 radical (unpaired) electrons. The number of hydrogen-bond donors (Lipinski definition) is 0. The summed E-state index contributed by atoms with van der Waals surface area (Å²) >= 11 is 0. The van der Waals surface area contributed by atoms with E-state index in [2.05, 4.69) is 76.2 Å². The lowest BCUT2D eigenvalue weighted by Crippen LogP contribution is -2.63. The molecule has 6 rings (SSSR count). The van der Waals surface area contributed by atoms with Crippen LogP contribution in [0.5, 0.6) is 0 Å². The molecule has 5 aliphatic carbocycles. The topological polar surface area (TPSA) is 18.5 Å². The fraction of sp³-hybridized carbons (Fsp3) is 1.00. The summed E-state index contributed by atoms with van der Waals surface area (Å²) < 4.78 is 13.9. The lowest BCUT2D eigenvalue weighted by Gasteiger charge is -2.68. The van der Waals surface area contributed by atoms with E-state index in [1.165, 1.54) is 57.8 Å². The van der Waals surface area contributed by atoms with E-state index in [9.17, 15) is 0 Å². The second-order valence-corrected chi connectivity index (χ2v) is 17.4. The highest BCUT2D eigenvalue weighted by Crippen LogP contribution is 2.81. The summed E-state index contributed by atoms with van der Waals surface area (Å²) in [5.41, 5.74) is 1.58. The second-order valence-electron chi connectivity index (χ2n) is 17.4. The van der Waals surface area contributed by atoms with Crippen molar-refractivity contribution in [2.24, 2.45) is 69.0 Å². The average molecular weight is 527 g/mol. The van der Waals surface area contributed by atoms with Crippen LogP contribution in [-0.2, 0) is 9.47 Å². The summed E-state index contributed by atoms with van der Waals surface area (Å²) in [6.07, 6.45) is 13.4. The molecule has 0 aromatic heterocycles. The van der Waals surface area contributed by atoms with Gasteiger partial charge in [-0.15, -0.1) is 0 Å². The maximum Gasteiger partial charge on any atom is 0.0723 e. The van der Waals surface area contributed by atoms with E-state index >= 15 is 0 Å². The van der Waals surface area contributed by atoms with Crippen molar-refractivity contribution in [1.29, 1.82) is 0 Å². The monoisotopic (exact) mass is 526 g/mol. The molecule has 2 heteroatoms. The molecule has 5 saturated carbocycles. The maximum atomic E-state index is 7.53. The number of fused-ring (bicyclic) bond motifs is 7. The van der Waals surface area contributed by atoms with Crippen molar-refractivity contribution >= 4 is 0 Å². The van der Waals surface area contributed by atoms with Gasteiger partial charge in [0.1, 0.15) is 0 Å². The van der Waals surface area contributed by atoms with Crippen molar-refractivity contribution in [3.05, 3.63) is 0 Å². The summed E-state index contributed by atoms with van der Waals surface area (Å²) in [5.74, 6) is 6.31. The zero-order chi connectivity index (χ0) is 27.6. The van der Waals surface area contributed by atoms with Gasteiger partial charge in [-0.2, -0.15) is 0 Å². The Bertz CT molecular complexity index is 914. The van der Waals surface area contributed by atoms with Crippen molar-refractivity contribution in [1.82, 2.24) is 0 Å². The maximum absolute atomic E-state index is 7.53. The molecule has 6 fully saturated rings. The number of ether oxygens (including phenoxy) is 2. The van der Waals surface area contributed by atoms with Crippen LogP contribution in [0.2, 0.25) is 0 Å². The van der Waals surface area contributed by atoms with Gasteiger partial charge in [0.25, 0.3) is 0 Å². The third-order valence-corrected chi connectivity index (χ3v) is 16.3. The summed E-state index contributed by atoms with van der Waals surface area (Å²) in [7, 11) is 0. The van der Waals surface area contributed by atoms with Gasteiger partial charge in [0.15, 0.2) is 0 Å². The van der Waals surface area contributed by atoms with Crippen molar-refractivity contribution < 1.29 is 9.47 Å². The van der Waals surface area contributed by atoms with Gasteiger partial charge in [-0.1, -0.05) is 62.3 Å². The van der Waals surface area contributed by atoms with Crippen LogP contribution in [0.3, 0.4) is 0 Å². The van der Waals surface area contributed by atoms with Gasteiger partial charge in [0.2, 0.25) is 0 Å². The Morgan fingerprint density at radius 1 is 0.789 bits per heavy atom. The van der Waals surface area contributed by atoms with E-state index in [0.29, 0.717) is 40.5 Å². The van der Waals surface area contributed by atoms with Gasteiger partial charge in [-0.3, -0.25) is 0 Å². The molecule has 13 atom stereocenters. The van der Waals surface area contributed by atoms with E-state index in [4.69, 9.17) is 9.47 Å². The van der Waals surface area contributed by atoms with Gasteiger partial charge in [-0.25, -0.2) is 0 Å². The Balaban J connectivity index is 1.32. The molecule has 1 spiro atoms. The van der Waals surface area contributed by atoms with Crippen LogP contribution in [0.25, 0.3) is 0 Å². The summed E-state index contributed by atoms with van der Waals surface area (Å²) in [6.45, 7) is 28.2. The van der Waals surface area contributed by atoms with Crippen LogP contribution in [0.4, 0.5) is 0 Å². The largest absolute Gasteiger partial charge is 0.376 e. The molecule has 6 aliphatic rings. The van der Waals surface area contributed by atoms with E-state index in [1.54, 1.807) is 0 Å². The smallest absolute Gasteiger partial charge is 0.0723 e. The molecule has 38 heavy (non-hydrogen) atoms. The fourth-order valence-electron chi connectivity index (χ4n) is 13.4. The minimum Gasteiger partial charge on any atom is -0.376 e. The molecular weight excluding hydrogens is 464 g/mol. The Morgan fingerprint density at radius 3 is 2.08 bits per heavy atom. The molecule has 0 amide bonds. The van der Waals surface area contributed by atoms with Gasteiger partial charge in [0.05, 0.1) is 23.9 Å². The summed E-state index contributed by atoms with van der Waals surface area (Å²) in [6, 6.07) is 0. The van der Waals surface area contributed by atoms with Gasteiger partial charge in [-0.05, 0) is 135 Å². The average Bonchev–Trinajstić information content (AvgIpc) is 3.14. The Kier molecular flexibility index (Phi) is 6.44.